The summed E-state index contributed by atoms with van der Waals surface area (Å²) in [6.07, 6.45) is 3.83. The molecule has 1 unspecified atom stereocenters. The number of hydrogen-bond donors (Lipinski definition) is 2. The van der Waals surface area contributed by atoms with Gasteiger partial charge in [-0.2, -0.15) is 0 Å². The van der Waals surface area contributed by atoms with Crippen molar-refractivity contribution in [3.05, 3.63) is 24.2 Å². The minimum atomic E-state index is 0. The van der Waals surface area contributed by atoms with Crippen LogP contribution in [0.25, 0.3) is 0 Å². The van der Waals surface area contributed by atoms with Crippen molar-refractivity contribution in [3.8, 4) is 0 Å². The van der Waals surface area contributed by atoms with E-state index in [0.29, 0.717) is 18.3 Å². The Bertz CT molecular complexity index is 308. The second-order valence-electron chi connectivity index (χ2n) is 3.82. The monoisotopic (exact) mass is 244 g/mol. The first kappa shape index (κ1) is 13.2. The van der Waals surface area contributed by atoms with Crippen molar-refractivity contribution in [2.75, 3.05) is 19.6 Å². The lowest BCUT2D eigenvalue weighted by atomic mass is 10.1. The Morgan fingerprint density at radius 1 is 1.62 bits per heavy atom. The van der Waals surface area contributed by atoms with Crippen LogP contribution in [0.3, 0.4) is 0 Å². The molecule has 16 heavy (non-hydrogen) atoms. The molecular weight excluding hydrogens is 228 g/mol. The van der Waals surface area contributed by atoms with Gasteiger partial charge in [0.2, 0.25) is 5.78 Å². The molecule has 1 aliphatic heterocycles. The number of carbonyl (C=O) groups excluding carboxylic acids is 1. The Labute approximate surface area is 101 Å². The summed E-state index contributed by atoms with van der Waals surface area (Å²) < 4.78 is 5.03. The third kappa shape index (κ3) is 3.63. The molecule has 1 aliphatic rings. The van der Waals surface area contributed by atoms with E-state index < -0.39 is 0 Å². The van der Waals surface area contributed by atoms with Crippen molar-refractivity contribution in [2.45, 2.75) is 18.9 Å². The van der Waals surface area contributed by atoms with Gasteiger partial charge in [0.05, 0.1) is 12.8 Å². The lowest BCUT2D eigenvalue weighted by Gasteiger charge is -2.23. The van der Waals surface area contributed by atoms with Gasteiger partial charge in [-0.25, -0.2) is 0 Å². The lowest BCUT2D eigenvalue weighted by Crippen LogP contribution is -2.44. The van der Waals surface area contributed by atoms with Gasteiger partial charge in [0.15, 0.2) is 5.76 Å². The molecule has 2 N–H and O–H groups in total. The maximum atomic E-state index is 11.6. The highest BCUT2D eigenvalue weighted by atomic mass is 35.5. The van der Waals surface area contributed by atoms with Gasteiger partial charge in [-0.1, -0.05) is 0 Å². The molecule has 1 saturated heterocycles. The number of piperidine rings is 1. The number of halogens is 1. The standard InChI is InChI=1S/C11H16N2O2.ClH/c14-10(11-4-2-6-15-11)8-13-9-3-1-5-12-7-9;/h2,4,6,9,12-13H,1,3,5,7-8H2;1H. The molecule has 2 rings (SSSR count). The Hall–Kier alpha value is -0.840. The second kappa shape index (κ2) is 6.68. The van der Waals surface area contributed by atoms with Crippen LogP contribution in [0.5, 0.6) is 0 Å². The number of furan rings is 1. The summed E-state index contributed by atoms with van der Waals surface area (Å²) in [7, 11) is 0. The van der Waals surface area contributed by atoms with Crippen LogP contribution in [0.15, 0.2) is 22.8 Å². The molecule has 90 valence electrons. The number of nitrogens with one attached hydrogen (secondary N) is 2. The molecule has 2 heterocycles. The molecule has 0 saturated carbocycles. The highest BCUT2D eigenvalue weighted by molar-refractivity contribution is 5.94. The van der Waals surface area contributed by atoms with Crippen molar-refractivity contribution in [1.29, 1.82) is 0 Å². The van der Waals surface area contributed by atoms with Gasteiger partial charge in [-0.05, 0) is 31.5 Å². The Kier molecular flexibility index (Phi) is 5.52. The third-order valence-electron chi connectivity index (χ3n) is 2.64. The minimum absolute atomic E-state index is 0. The van der Waals surface area contributed by atoms with Gasteiger partial charge >= 0.3 is 0 Å². The van der Waals surface area contributed by atoms with Crippen molar-refractivity contribution in [1.82, 2.24) is 10.6 Å². The fourth-order valence-electron chi connectivity index (χ4n) is 1.79. The fourth-order valence-corrected chi connectivity index (χ4v) is 1.79. The fraction of sp³-hybridized carbons (Fsp3) is 0.545. The largest absolute Gasteiger partial charge is 0.461 e. The number of hydrogen-bond acceptors (Lipinski definition) is 4. The van der Waals surface area contributed by atoms with Crippen LogP contribution in [-0.4, -0.2) is 31.5 Å². The molecule has 0 bridgehead atoms. The first-order valence-corrected chi connectivity index (χ1v) is 5.37. The topological polar surface area (TPSA) is 54.3 Å². The van der Waals surface area contributed by atoms with E-state index in [9.17, 15) is 4.79 Å². The van der Waals surface area contributed by atoms with Crippen molar-refractivity contribution in [2.24, 2.45) is 0 Å². The molecule has 0 spiro atoms. The molecule has 1 aromatic rings. The molecule has 1 atom stereocenters. The van der Waals surface area contributed by atoms with E-state index in [2.05, 4.69) is 10.6 Å². The zero-order valence-electron chi connectivity index (χ0n) is 9.07. The SMILES string of the molecule is Cl.O=C(CNC1CCCNC1)c1ccco1. The van der Waals surface area contributed by atoms with Crippen LogP contribution < -0.4 is 10.6 Å². The van der Waals surface area contributed by atoms with E-state index in [0.717, 1.165) is 19.5 Å². The summed E-state index contributed by atoms with van der Waals surface area (Å²) in [4.78, 5) is 11.6. The van der Waals surface area contributed by atoms with Gasteiger partial charge in [-0.15, -0.1) is 12.4 Å². The Balaban J connectivity index is 0.00000128. The maximum Gasteiger partial charge on any atom is 0.211 e. The summed E-state index contributed by atoms with van der Waals surface area (Å²) in [5, 5.41) is 6.53. The second-order valence-corrected chi connectivity index (χ2v) is 3.82. The van der Waals surface area contributed by atoms with E-state index in [1.54, 1.807) is 12.1 Å². The van der Waals surface area contributed by atoms with Crippen LogP contribution >= 0.6 is 12.4 Å². The summed E-state index contributed by atoms with van der Waals surface area (Å²) in [6.45, 7) is 2.40. The number of carbonyl (C=O) groups is 1. The highest BCUT2D eigenvalue weighted by Gasteiger charge is 2.15. The number of ketones is 1. The van der Waals surface area contributed by atoms with Crippen molar-refractivity contribution in [3.63, 3.8) is 0 Å². The normalized spacial score (nSPS) is 20.1. The summed E-state index contributed by atoms with van der Waals surface area (Å²) in [6, 6.07) is 3.84. The molecule has 0 radical (unpaired) electrons. The average molecular weight is 245 g/mol. The highest BCUT2D eigenvalue weighted by Crippen LogP contribution is 2.03. The third-order valence-corrected chi connectivity index (χ3v) is 2.64. The van der Waals surface area contributed by atoms with E-state index in [4.69, 9.17) is 4.42 Å². The molecule has 5 heteroatoms. The smallest absolute Gasteiger partial charge is 0.211 e. The van der Waals surface area contributed by atoms with E-state index in [1.165, 1.54) is 12.7 Å². The van der Waals surface area contributed by atoms with Crippen LogP contribution in [0.4, 0.5) is 0 Å². The molecular formula is C11H17ClN2O2. The van der Waals surface area contributed by atoms with Gasteiger partial charge in [0.1, 0.15) is 0 Å². The van der Waals surface area contributed by atoms with Crippen LogP contribution in [-0.2, 0) is 0 Å². The Morgan fingerprint density at radius 2 is 2.50 bits per heavy atom. The first-order valence-electron chi connectivity index (χ1n) is 5.37. The molecule has 0 aromatic carbocycles. The average Bonchev–Trinajstić information content (AvgIpc) is 2.81. The van der Waals surface area contributed by atoms with Crippen molar-refractivity contribution >= 4 is 18.2 Å². The first-order chi connectivity index (χ1) is 7.36. The van der Waals surface area contributed by atoms with E-state index in [-0.39, 0.29) is 18.2 Å². The molecule has 1 fully saturated rings. The molecule has 0 aliphatic carbocycles. The van der Waals surface area contributed by atoms with Crippen LogP contribution in [0, 0.1) is 0 Å². The van der Waals surface area contributed by atoms with Gasteiger partial charge < -0.3 is 15.1 Å². The van der Waals surface area contributed by atoms with E-state index in [1.807, 2.05) is 0 Å². The zero-order valence-corrected chi connectivity index (χ0v) is 9.89. The predicted octanol–water partition coefficient (Wildman–Crippen LogP) is 1.23. The molecule has 0 amide bonds. The number of Topliss-reactive ketones (excluding diaryl/α,β-unsaturated/α-hetero) is 1. The molecule has 1 aromatic heterocycles. The van der Waals surface area contributed by atoms with Crippen LogP contribution in [0.1, 0.15) is 23.4 Å². The van der Waals surface area contributed by atoms with Crippen molar-refractivity contribution < 1.29 is 9.21 Å². The summed E-state index contributed by atoms with van der Waals surface area (Å²) in [5.41, 5.74) is 0. The minimum Gasteiger partial charge on any atom is -0.461 e. The van der Waals surface area contributed by atoms with Crippen LogP contribution in [0.2, 0.25) is 0 Å². The Morgan fingerprint density at radius 3 is 3.12 bits per heavy atom. The maximum absolute atomic E-state index is 11.6. The predicted molar refractivity (Wildman–Crippen MR) is 64.2 cm³/mol. The zero-order chi connectivity index (χ0) is 10.5. The van der Waals surface area contributed by atoms with Gasteiger partial charge in [0, 0.05) is 12.6 Å². The summed E-state index contributed by atoms with van der Waals surface area (Å²) in [5.74, 6) is 0.455. The number of rotatable bonds is 4. The molecule has 4 nitrogen and oxygen atoms in total. The van der Waals surface area contributed by atoms with E-state index >= 15 is 0 Å². The summed E-state index contributed by atoms with van der Waals surface area (Å²) >= 11 is 0. The van der Waals surface area contributed by atoms with Gasteiger partial charge in [-0.3, -0.25) is 4.79 Å². The quantitative estimate of drug-likeness (QED) is 0.783. The van der Waals surface area contributed by atoms with Gasteiger partial charge in [0.25, 0.3) is 0 Å². The lowest BCUT2D eigenvalue weighted by molar-refractivity contribution is 0.0959.